The lowest BCUT2D eigenvalue weighted by atomic mass is 9.84. The quantitative estimate of drug-likeness (QED) is 0.0738. The van der Waals surface area contributed by atoms with E-state index in [1.54, 1.807) is 63.1 Å². The number of methoxy groups -OCH3 is 1. The number of piperazine rings is 1. The number of hydrogen-bond acceptors (Lipinski definition) is 11. The summed E-state index contributed by atoms with van der Waals surface area (Å²) in [4.78, 5) is 60.6. The lowest BCUT2D eigenvalue weighted by Crippen LogP contribution is -2.60. The molecule has 0 aliphatic carbocycles. The van der Waals surface area contributed by atoms with Crippen molar-refractivity contribution >= 4 is 40.7 Å². The van der Waals surface area contributed by atoms with Gasteiger partial charge in [-0.25, -0.2) is 15.0 Å². The molecule has 392 valence electrons. The van der Waals surface area contributed by atoms with E-state index < -0.39 is 66.0 Å². The molecule has 0 spiro atoms. The first-order valence-corrected chi connectivity index (χ1v) is 24.5. The van der Waals surface area contributed by atoms with Crippen molar-refractivity contribution in [3.05, 3.63) is 107 Å². The Hall–Kier alpha value is -6.70. The van der Waals surface area contributed by atoms with Gasteiger partial charge in [0.1, 0.15) is 30.8 Å². The van der Waals surface area contributed by atoms with Crippen LogP contribution >= 0.6 is 0 Å². The van der Waals surface area contributed by atoms with E-state index in [1.165, 1.54) is 16.7 Å². The van der Waals surface area contributed by atoms with Gasteiger partial charge in [-0.15, -0.1) is 0 Å². The van der Waals surface area contributed by atoms with Crippen LogP contribution in [-0.2, 0) is 49.8 Å². The van der Waals surface area contributed by atoms with Crippen LogP contribution < -0.4 is 15.6 Å². The number of benzene rings is 3. The fourth-order valence-corrected chi connectivity index (χ4v) is 9.26. The van der Waals surface area contributed by atoms with Crippen molar-refractivity contribution in [1.82, 2.24) is 30.2 Å². The molecule has 2 aliphatic rings. The number of aliphatic hydroxyl groups excluding tert-OH is 1. The van der Waals surface area contributed by atoms with E-state index in [0.29, 0.717) is 89.1 Å². The molecule has 73 heavy (non-hydrogen) atoms. The van der Waals surface area contributed by atoms with E-state index in [0.717, 1.165) is 5.56 Å². The van der Waals surface area contributed by atoms with Crippen LogP contribution in [0, 0.1) is 5.41 Å². The number of alkyl carbamates (subject to hydrolysis) is 1. The van der Waals surface area contributed by atoms with Gasteiger partial charge in [-0.2, -0.15) is 13.2 Å². The summed E-state index contributed by atoms with van der Waals surface area (Å²) >= 11 is 0. The predicted molar refractivity (Wildman–Crippen MR) is 269 cm³/mol. The maximum Gasteiger partial charge on any atom is 0.410 e. The Kier molecular flexibility index (Phi) is 16.7. The fraction of sp³-hybridized carbons (Fsp3) is 0.463. The SMILES string of the molecule is CO[C@@H](C)c1ncc(N2CCN(C(=O)OCc3ccccc3)CC2)cc1-c1c(CC(C)(C)CO)c2cc(-c3cccc(CC(NC(=O)OC(C)(C)C)C(=O)N4CCCC(C(=O)O)N4)c3)ccc2n1CC(F)(F)F. The van der Waals surface area contributed by atoms with Crippen molar-refractivity contribution in [2.24, 2.45) is 5.41 Å². The van der Waals surface area contributed by atoms with Crippen LogP contribution in [0.1, 0.15) is 82.9 Å². The van der Waals surface area contributed by atoms with Gasteiger partial charge in [0, 0.05) is 69.3 Å². The van der Waals surface area contributed by atoms with Gasteiger partial charge in [-0.05, 0) is 98.4 Å². The van der Waals surface area contributed by atoms with Gasteiger partial charge in [0.05, 0.1) is 29.4 Å². The molecule has 3 aromatic carbocycles. The number of rotatable bonds is 16. The number of aliphatic hydroxyl groups is 1. The lowest BCUT2D eigenvalue weighted by Gasteiger charge is -2.35. The minimum Gasteiger partial charge on any atom is -0.480 e. The number of carboxylic acids is 1. The van der Waals surface area contributed by atoms with Gasteiger partial charge in [-0.3, -0.25) is 19.6 Å². The average molecular weight is 1010 g/mol. The highest BCUT2D eigenvalue weighted by Gasteiger charge is 2.36. The number of amides is 3. The van der Waals surface area contributed by atoms with E-state index in [4.69, 9.17) is 19.2 Å². The van der Waals surface area contributed by atoms with Crippen LogP contribution in [-0.4, -0.2) is 124 Å². The normalized spacial score (nSPS) is 16.5. The number of ether oxygens (including phenoxy) is 3. The van der Waals surface area contributed by atoms with Crippen LogP contribution in [0.5, 0.6) is 0 Å². The third-order valence-corrected chi connectivity index (χ3v) is 13.0. The van der Waals surface area contributed by atoms with Crippen LogP contribution in [0.2, 0.25) is 0 Å². The molecule has 2 aromatic heterocycles. The zero-order valence-electron chi connectivity index (χ0n) is 42.4. The first-order chi connectivity index (χ1) is 34.5. The number of alkyl halides is 3. The molecule has 0 saturated carbocycles. The van der Waals surface area contributed by atoms with Crippen molar-refractivity contribution in [1.29, 1.82) is 0 Å². The van der Waals surface area contributed by atoms with Crippen molar-refractivity contribution < 1.29 is 56.8 Å². The predicted octanol–water partition coefficient (Wildman–Crippen LogP) is 8.68. The molecule has 4 N–H and O–H groups in total. The number of carboxylic acid groups (broad SMARTS) is 1. The number of carbonyl (C=O) groups excluding carboxylic acids is 3. The summed E-state index contributed by atoms with van der Waals surface area (Å²) in [5.41, 5.74) is 6.55. The van der Waals surface area contributed by atoms with Crippen LogP contribution in [0.15, 0.2) is 85.1 Å². The van der Waals surface area contributed by atoms with Gasteiger partial charge in [0.25, 0.3) is 5.91 Å². The largest absolute Gasteiger partial charge is 0.480 e. The molecule has 3 amide bonds. The summed E-state index contributed by atoms with van der Waals surface area (Å²) in [6.45, 7) is 10.8. The number of halogens is 3. The summed E-state index contributed by atoms with van der Waals surface area (Å²) in [5, 5.41) is 24.8. The number of hydrogen-bond donors (Lipinski definition) is 4. The second kappa shape index (κ2) is 22.6. The second-order valence-electron chi connectivity index (χ2n) is 20.5. The third-order valence-electron chi connectivity index (χ3n) is 13.0. The Bertz CT molecular complexity index is 2770. The standard InChI is InChI=1S/C54H66F3N7O9/c1-34(71-7)46-41(28-39(30-58-46)61-21-23-62(24-22-61)51(70)72-31-35-13-9-8-10-14-35)47-42(29-53(5,6)33-65)40-27-38(18-19-45(40)63(47)32-54(55,56)57)37-16-11-15-36(25-37)26-44(59-50(69)73-52(2,3)4)48(66)64-20-12-17-43(60-64)49(67)68/h8-11,13-16,18-19,25,27-28,30,34,43-44,60,65H,12,17,20-24,26,29,31-33H2,1-7H3,(H,59,69)(H,67,68)/t34-,43?,44?/m0/s1. The summed E-state index contributed by atoms with van der Waals surface area (Å²) in [6, 6.07) is 21.5. The molecular formula is C54H66F3N7O9. The van der Waals surface area contributed by atoms with Crippen molar-refractivity contribution in [3.63, 3.8) is 0 Å². The maximum atomic E-state index is 15.0. The summed E-state index contributed by atoms with van der Waals surface area (Å²) in [6.07, 6.45) is -3.98. The Morgan fingerprint density at radius 2 is 1.59 bits per heavy atom. The molecule has 2 saturated heterocycles. The van der Waals surface area contributed by atoms with Crippen molar-refractivity contribution in [2.45, 2.75) is 110 Å². The van der Waals surface area contributed by atoms with Crippen LogP contribution in [0.25, 0.3) is 33.3 Å². The number of pyridine rings is 1. The smallest absolute Gasteiger partial charge is 0.410 e. The number of aliphatic carboxylic acids is 1. The van der Waals surface area contributed by atoms with Gasteiger partial charge in [0.2, 0.25) is 0 Å². The number of fused-ring (bicyclic) bond motifs is 1. The monoisotopic (exact) mass is 1010 g/mol. The minimum atomic E-state index is -4.65. The van der Waals surface area contributed by atoms with Gasteiger partial charge in [-0.1, -0.05) is 74.5 Å². The molecule has 2 aliphatic heterocycles. The first-order valence-electron chi connectivity index (χ1n) is 24.5. The summed E-state index contributed by atoms with van der Waals surface area (Å²) < 4.78 is 63.1. The molecule has 2 unspecified atom stereocenters. The number of carbonyl (C=O) groups is 4. The molecule has 19 heteroatoms. The molecule has 7 rings (SSSR count). The minimum absolute atomic E-state index is 0.0106. The van der Waals surface area contributed by atoms with E-state index >= 15 is 0 Å². The highest BCUT2D eigenvalue weighted by Crippen LogP contribution is 2.44. The van der Waals surface area contributed by atoms with Crippen molar-refractivity contribution in [3.8, 4) is 22.4 Å². The van der Waals surface area contributed by atoms with Crippen LogP contribution in [0.3, 0.4) is 0 Å². The third kappa shape index (κ3) is 13.7. The van der Waals surface area contributed by atoms with Gasteiger partial charge < -0.3 is 44.1 Å². The number of anilines is 1. The van der Waals surface area contributed by atoms with Gasteiger partial charge >= 0.3 is 24.3 Å². The highest BCUT2D eigenvalue weighted by atomic mass is 19.4. The molecule has 2 fully saturated rings. The Morgan fingerprint density at radius 3 is 2.25 bits per heavy atom. The zero-order valence-corrected chi connectivity index (χ0v) is 42.4. The number of nitrogens with zero attached hydrogens (tertiary/aromatic N) is 5. The average Bonchev–Trinajstić information content (AvgIpc) is 3.63. The lowest BCUT2D eigenvalue weighted by molar-refractivity contribution is -0.147. The van der Waals surface area contributed by atoms with Crippen LogP contribution in [0.4, 0.5) is 28.4 Å². The summed E-state index contributed by atoms with van der Waals surface area (Å²) in [7, 11) is 1.51. The topological polar surface area (TPSA) is 188 Å². The first kappa shape index (κ1) is 54.1. The van der Waals surface area contributed by atoms with E-state index in [1.807, 2.05) is 73.3 Å². The van der Waals surface area contributed by atoms with E-state index in [-0.39, 0.29) is 38.3 Å². The number of nitrogens with one attached hydrogen (secondary N) is 2. The van der Waals surface area contributed by atoms with E-state index in [2.05, 4.69) is 10.7 Å². The molecular weight excluding hydrogens is 948 g/mol. The van der Waals surface area contributed by atoms with E-state index in [9.17, 15) is 42.6 Å². The fourth-order valence-electron chi connectivity index (χ4n) is 9.26. The van der Waals surface area contributed by atoms with Crippen molar-refractivity contribution in [2.75, 3.05) is 51.3 Å². The molecule has 3 atom stereocenters. The summed E-state index contributed by atoms with van der Waals surface area (Å²) in [5.74, 6) is -1.66. The Balaban J connectivity index is 1.28. The maximum absolute atomic E-state index is 15.0. The molecule has 5 aromatic rings. The molecule has 4 heterocycles. The molecule has 16 nitrogen and oxygen atoms in total. The zero-order chi connectivity index (χ0) is 52.8. The molecule has 0 bridgehead atoms. The van der Waals surface area contributed by atoms with Gasteiger partial charge in [0.15, 0.2) is 0 Å². The Labute approximate surface area is 423 Å². The Morgan fingerprint density at radius 1 is 0.890 bits per heavy atom. The second-order valence-corrected chi connectivity index (χ2v) is 20.5. The molecule has 0 radical (unpaired) electrons. The number of hydrazine groups is 1. The highest BCUT2D eigenvalue weighted by molar-refractivity contribution is 5.96. The number of aromatic nitrogens is 2.